The molecule has 1 aromatic rings. The van der Waals surface area contributed by atoms with Crippen molar-refractivity contribution in [2.45, 2.75) is 0 Å². The maximum Gasteiger partial charge on any atom is 0.392 e. The van der Waals surface area contributed by atoms with Gasteiger partial charge in [-0.3, -0.25) is 0 Å². The van der Waals surface area contributed by atoms with Gasteiger partial charge < -0.3 is 9.52 Å². The number of aromatic carboxylic acids is 1. The van der Waals surface area contributed by atoms with Crippen molar-refractivity contribution in [2.75, 3.05) is 0 Å². The van der Waals surface area contributed by atoms with Crippen LogP contribution in [0.15, 0.2) is 15.3 Å². The molecular formula is C4H2BrNO3. The van der Waals surface area contributed by atoms with Gasteiger partial charge in [-0.05, 0) is 15.9 Å². The molecule has 1 heterocycles. The first-order valence-corrected chi connectivity index (χ1v) is 2.84. The number of carbonyl (C=O) groups is 1. The van der Waals surface area contributed by atoms with Crippen molar-refractivity contribution in [3.05, 3.63) is 16.8 Å². The van der Waals surface area contributed by atoms with Crippen molar-refractivity contribution in [3.63, 3.8) is 0 Å². The van der Waals surface area contributed by atoms with E-state index in [4.69, 9.17) is 5.11 Å². The summed E-state index contributed by atoms with van der Waals surface area (Å²) in [6, 6.07) is 0. The summed E-state index contributed by atoms with van der Waals surface area (Å²) in [5.74, 6) is -1.47. The SMILES string of the molecule is O=C(O)c1nc(Br)co1. The number of carboxylic acids is 1. The normalized spacial score (nSPS) is 9.44. The molecule has 0 aromatic carbocycles. The number of nitrogens with zero attached hydrogens (tertiary/aromatic N) is 1. The van der Waals surface area contributed by atoms with E-state index in [0.29, 0.717) is 4.60 Å². The lowest BCUT2D eigenvalue weighted by atomic mass is 10.7. The average Bonchev–Trinajstić information content (AvgIpc) is 2.14. The molecule has 0 radical (unpaired) electrons. The summed E-state index contributed by atoms with van der Waals surface area (Å²) in [6.07, 6.45) is 1.21. The lowest BCUT2D eigenvalue weighted by molar-refractivity contribution is 0.0653. The standard InChI is InChI=1S/C4H2BrNO3/c5-2-1-9-3(6-2)4(7)8/h1H,(H,7,8). The molecule has 0 saturated carbocycles. The van der Waals surface area contributed by atoms with Crippen LogP contribution in [0, 0.1) is 0 Å². The van der Waals surface area contributed by atoms with Crippen LogP contribution < -0.4 is 0 Å². The largest absolute Gasteiger partial charge is 0.474 e. The van der Waals surface area contributed by atoms with Gasteiger partial charge in [-0.25, -0.2) is 4.79 Å². The first kappa shape index (κ1) is 6.28. The predicted molar refractivity (Wildman–Crippen MR) is 31.2 cm³/mol. The summed E-state index contributed by atoms with van der Waals surface area (Å²) in [4.78, 5) is 13.5. The molecule has 0 aliphatic carbocycles. The van der Waals surface area contributed by atoms with Gasteiger partial charge in [0.25, 0.3) is 0 Å². The van der Waals surface area contributed by atoms with E-state index in [1.165, 1.54) is 6.26 Å². The van der Waals surface area contributed by atoms with Gasteiger partial charge in [0.2, 0.25) is 0 Å². The zero-order valence-corrected chi connectivity index (χ0v) is 5.75. The molecule has 0 atom stereocenters. The minimum atomic E-state index is -1.17. The Balaban J connectivity index is 2.98. The van der Waals surface area contributed by atoms with Crippen LogP contribution in [0.3, 0.4) is 0 Å². The van der Waals surface area contributed by atoms with E-state index >= 15 is 0 Å². The van der Waals surface area contributed by atoms with Crippen LogP contribution in [-0.2, 0) is 0 Å². The Kier molecular flexibility index (Phi) is 1.52. The van der Waals surface area contributed by atoms with Crippen LogP contribution in [0.4, 0.5) is 0 Å². The fourth-order valence-corrected chi connectivity index (χ4v) is 0.607. The van der Waals surface area contributed by atoms with Crippen LogP contribution >= 0.6 is 15.9 Å². The molecule has 4 nitrogen and oxygen atoms in total. The molecule has 0 bridgehead atoms. The molecule has 9 heavy (non-hydrogen) atoms. The van der Waals surface area contributed by atoms with Crippen molar-refractivity contribution in [3.8, 4) is 0 Å². The fourth-order valence-electron chi connectivity index (χ4n) is 0.352. The number of rotatable bonds is 1. The van der Waals surface area contributed by atoms with Crippen molar-refractivity contribution in [1.82, 2.24) is 4.98 Å². The van der Waals surface area contributed by atoms with E-state index < -0.39 is 5.97 Å². The van der Waals surface area contributed by atoms with Crippen LogP contribution in [0.2, 0.25) is 0 Å². The Morgan fingerprint density at radius 1 is 1.89 bits per heavy atom. The molecule has 0 aliphatic heterocycles. The van der Waals surface area contributed by atoms with Crippen LogP contribution in [0.5, 0.6) is 0 Å². The summed E-state index contributed by atoms with van der Waals surface area (Å²) >= 11 is 2.93. The predicted octanol–water partition coefficient (Wildman–Crippen LogP) is 1.14. The summed E-state index contributed by atoms with van der Waals surface area (Å²) in [6.45, 7) is 0. The maximum absolute atomic E-state index is 10.0. The first-order chi connectivity index (χ1) is 4.20. The van der Waals surface area contributed by atoms with Gasteiger partial charge in [0.1, 0.15) is 10.9 Å². The maximum atomic E-state index is 10.0. The molecule has 1 rings (SSSR count). The Morgan fingerprint density at radius 2 is 2.56 bits per heavy atom. The summed E-state index contributed by atoms with van der Waals surface area (Å²) in [5.41, 5.74) is 0. The lowest BCUT2D eigenvalue weighted by Gasteiger charge is -1.77. The number of oxazole rings is 1. The number of halogens is 1. The molecule has 48 valence electrons. The summed E-state index contributed by atoms with van der Waals surface area (Å²) < 4.78 is 4.86. The highest BCUT2D eigenvalue weighted by atomic mass is 79.9. The van der Waals surface area contributed by atoms with E-state index in [1.807, 2.05) is 0 Å². The third kappa shape index (κ3) is 1.29. The molecule has 5 heteroatoms. The van der Waals surface area contributed by atoms with E-state index in [-0.39, 0.29) is 5.89 Å². The minimum Gasteiger partial charge on any atom is -0.474 e. The average molecular weight is 192 g/mol. The Morgan fingerprint density at radius 3 is 2.78 bits per heavy atom. The molecule has 0 amide bonds. The van der Waals surface area contributed by atoms with Crippen molar-refractivity contribution in [2.24, 2.45) is 0 Å². The van der Waals surface area contributed by atoms with Crippen molar-refractivity contribution >= 4 is 21.9 Å². The lowest BCUT2D eigenvalue weighted by Crippen LogP contribution is -1.94. The zero-order chi connectivity index (χ0) is 6.85. The van der Waals surface area contributed by atoms with E-state index in [9.17, 15) is 4.79 Å². The van der Waals surface area contributed by atoms with Gasteiger partial charge >= 0.3 is 11.9 Å². The first-order valence-electron chi connectivity index (χ1n) is 2.04. The van der Waals surface area contributed by atoms with Crippen molar-refractivity contribution in [1.29, 1.82) is 0 Å². The third-order valence-electron chi connectivity index (χ3n) is 0.659. The number of carboxylic acid groups (broad SMARTS) is 1. The third-order valence-corrected chi connectivity index (χ3v) is 1.02. The van der Waals surface area contributed by atoms with Gasteiger partial charge in [0.15, 0.2) is 0 Å². The number of hydrogen-bond donors (Lipinski definition) is 1. The Labute approximate surface area is 58.6 Å². The summed E-state index contributed by atoms with van der Waals surface area (Å²) in [5, 5.41) is 8.22. The van der Waals surface area contributed by atoms with Gasteiger partial charge in [-0.1, -0.05) is 0 Å². The van der Waals surface area contributed by atoms with Gasteiger partial charge in [-0.2, -0.15) is 4.98 Å². The van der Waals surface area contributed by atoms with E-state index in [2.05, 4.69) is 25.3 Å². The highest BCUT2D eigenvalue weighted by molar-refractivity contribution is 9.10. The minimum absolute atomic E-state index is 0.304. The molecule has 0 fully saturated rings. The molecule has 0 aliphatic rings. The van der Waals surface area contributed by atoms with Gasteiger partial charge in [-0.15, -0.1) is 0 Å². The van der Waals surface area contributed by atoms with Crippen molar-refractivity contribution < 1.29 is 14.3 Å². The molecule has 1 aromatic heterocycles. The van der Waals surface area contributed by atoms with Gasteiger partial charge in [0, 0.05) is 0 Å². The Hall–Kier alpha value is -0.840. The topological polar surface area (TPSA) is 63.3 Å². The summed E-state index contributed by atoms with van der Waals surface area (Å²) in [7, 11) is 0. The Bertz CT molecular complexity index is 231. The van der Waals surface area contributed by atoms with Crippen LogP contribution in [0.1, 0.15) is 10.7 Å². The highest BCUT2D eigenvalue weighted by Crippen LogP contribution is 2.07. The van der Waals surface area contributed by atoms with Crippen LogP contribution in [-0.4, -0.2) is 16.1 Å². The number of aromatic nitrogens is 1. The van der Waals surface area contributed by atoms with Crippen LogP contribution in [0.25, 0.3) is 0 Å². The van der Waals surface area contributed by atoms with E-state index in [1.54, 1.807) is 0 Å². The number of hydrogen-bond acceptors (Lipinski definition) is 3. The highest BCUT2D eigenvalue weighted by Gasteiger charge is 2.08. The molecule has 0 saturated heterocycles. The molecule has 1 N–H and O–H groups in total. The molecule has 0 unspecified atom stereocenters. The quantitative estimate of drug-likeness (QED) is 0.724. The van der Waals surface area contributed by atoms with Gasteiger partial charge in [0.05, 0.1) is 0 Å². The molecular weight excluding hydrogens is 190 g/mol. The monoisotopic (exact) mass is 191 g/mol. The second kappa shape index (κ2) is 2.18. The second-order valence-corrected chi connectivity index (χ2v) is 2.09. The van der Waals surface area contributed by atoms with E-state index in [0.717, 1.165) is 0 Å². The molecule has 0 spiro atoms. The zero-order valence-electron chi connectivity index (χ0n) is 4.17. The fraction of sp³-hybridized carbons (Fsp3) is 0. The smallest absolute Gasteiger partial charge is 0.392 e. The second-order valence-electron chi connectivity index (χ2n) is 1.28.